The van der Waals surface area contributed by atoms with Gasteiger partial charge in [0.25, 0.3) is 11.8 Å². The van der Waals surface area contributed by atoms with Gasteiger partial charge in [0.1, 0.15) is 5.75 Å². The summed E-state index contributed by atoms with van der Waals surface area (Å²) >= 11 is 5.98. The van der Waals surface area contributed by atoms with Gasteiger partial charge in [0.15, 0.2) is 6.10 Å². The van der Waals surface area contributed by atoms with Crippen molar-refractivity contribution in [2.45, 2.75) is 45.6 Å². The summed E-state index contributed by atoms with van der Waals surface area (Å²) in [5.74, 6) is 0.503. The van der Waals surface area contributed by atoms with Gasteiger partial charge in [-0.1, -0.05) is 62.7 Å². The smallest absolute Gasteiger partial charge is 0.265 e. The van der Waals surface area contributed by atoms with Crippen LogP contribution in [0.2, 0.25) is 5.02 Å². The molecule has 0 spiro atoms. The van der Waals surface area contributed by atoms with Crippen molar-refractivity contribution in [3.63, 3.8) is 0 Å². The van der Waals surface area contributed by atoms with Gasteiger partial charge in [-0.25, -0.2) is 0 Å². The monoisotopic (exact) mass is 464 g/mol. The average Bonchev–Trinajstić information content (AvgIpc) is 2.82. The lowest BCUT2D eigenvalue weighted by Gasteiger charge is -2.21. The Bertz CT molecular complexity index is 1120. The number of hydrogen-bond donors (Lipinski definition) is 2. The van der Waals surface area contributed by atoms with Gasteiger partial charge in [0, 0.05) is 22.0 Å². The molecule has 2 amide bonds. The van der Waals surface area contributed by atoms with Gasteiger partial charge >= 0.3 is 0 Å². The van der Waals surface area contributed by atoms with Crippen LogP contribution in [0.5, 0.6) is 5.75 Å². The lowest BCUT2D eigenvalue weighted by atomic mass is 9.98. The minimum Gasteiger partial charge on any atom is -0.480 e. The van der Waals surface area contributed by atoms with Crippen LogP contribution >= 0.6 is 11.6 Å². The minimum atomic E-state index is -0.654. The first kappa shape index (κ1) is 24.3. The number of halogens is 1. The molecule has 2 unspecified atom stereocenters. The molecule has 3 aromatic carbocycles. The Morgan fingerprint density at radius 2 is 1.58 bits per heavy atom. The van der Waals surface area contributed by atoms with Crippen molar-refractivity contribution in [3.05, 3.63) is 88.9 Å². The van der Waals surface area contributed by atoms with E-state index in [4.69, 9.17) is 16.3 Å². The summed E-state index contributed by atoms with van der Waals surface area (Å²) in [5, 5.41) is 6.22. The van der Waals surface area contributed by atoms with Crippen LogP contribution in [0.25, 0.3) is 0 Å². The van der Waals surface area contributed by atoms with E-state index >= 15 is 0 Å². The third-order valence-corrected chi connectivity index (χ3v) is 5.70. The van der Waals surface area contributed by atoms with Crippen LogP contribution in [0, 0.1) is 0 Å². The highest BCUT2D eigenvalue weighted by molar-refractivity contribution is 6.31. The second kappa shape index (κ2) is 11.5. The van der Waals surface area contributed by atoms with Crippen LogP contribution in [0.1, 0.15) is 55.5 Å². The van der Waals surface area contributed by atoms with E-state index in [0.29, 0.717) is 34.3 Å². The first-order chi connectivity index (χ1) is 15.9. The molecule has 0 aliphatic rings. The number of amides is 2. The molecule has 3 rings (SSSR count). The van der Waals surface area contributed by atoms with Crippen LogP contribution in [0.3, 0.4) is 0 Å². The predicted octanol–water partition coefficient (Wildman–Crippen LogP) is 6.90. The highest BCUT2D eigenvalue weighted by Gasteiger charge is 2.21. The summed E-state index contributed by atoms with van der Waals surface area (Å²) in [6.07, 6.45) is 0.836. The highest BCUT2D eigenvalue weighted by atomic mass is 35.5. The minimum absolute atomic E-state index is 0.260. The molecular formula is C27H29ClN2O3. The molecule has 2 atom stereocenters. The summed E-state index contributed by atoms with van der Waals surface area (Å²) < 4.78 is 6.12. The first-order valence-corrected chi connectivity index (χ1v) is 11.5. The number of carbonyl (C=O) groups is 2. The van der Waals surface area contributed by atoms with Gasteiger partial charge in [-0.15, -0.1) is 0 Å². The molecule has 0 radical (unpaired) electrons. The van der Waals surface area contributed by atoms with Gasteiger partial charge in [-0.3, -0.25) is 9.59 Å². The van der Waals surface area contributed by atoms with Gasteiger partial charge in [0.2, 0.25) is 0 Å². The largest absolute Gasteiger partial charge is 0.480 e. The maximum absolute atomic E-state index is 13.0. The Morgan fingerprint density at radius 3 is 2.27 bits per heavy atom. The zero-order valence-electron chi connectivity index (χ0n) is 19.1. The number of para-hydroxylation sites is 1. The molecule has 0 aromatic heterocycles. The second-order valence-corrected chi connectivity index (χ2v) is 8.33. The van der Waals surface area contributed by atoms with E-state index in [2.05, 4.69) is 24.5 Å². The molecule has 6 heteroatoms. The third-order valence-electron chi connectivity index (χ3n) is 5.47. The molecule has 33 heavy (non-hydrogen) atoms. The number of anilines is 2. The fraction of sp³-hybridized carbons (Fsp3) is 0.259. The topological polar surface area (TPSA) is 67.4 Å². The quantitative estimate of drug-likeness (QED) is 0.362. The molecular weight excluding hydrogens is 436 g/mol. The second-order valence-electron chi connectivity index (χ2n) is 7.90. The van der Waals surface area contributed by atoms with Crippen molar-refractivity contribution in [2.75, 3.05) is 10.6 Å². The Morgan fingerprint density at radius 1 is 0.879 bits per heavy atom. The molecule has 0 fully saturated rings. The summed E-state index contributed by atoms with van der Waals surface area (Å²) in [7, 11) is 0. The molecule has 5 nitrogen and oxygen atoms in total. The number of hydrogen-bond acceptors (Lipinski definition) is 3. The Kier molecular flexibility index (Phi) is 8.50. The lowest BCUT2D eigenvalue weighted by Crippen LogP contribution is -2.32. The van der Waals surface area contributed by atoms with Crippen LogP contribution in [-0.4, -0.2) is 17.9 Å². The van der Waals surface area contributed by atoms with Crippen LogP contribution < -0.4 is 15.4 Å². The van der Waals surface area contributed by atoms with Crippen molar-refractivity contribution in [2.24, 2.45) is 0 Å². The maximum atomic E-state index is 13.0. The Labute approximate surface area is 200 Å². The van der Waals surface area contributed by atoms with E-state index in [1.165, 1.54) is 0 Å². The summed E-state index contributed by atoms with van der Waals surface area (Å²) in [4.78, 5) is 25.6. The van der Waals surface area contributed by atoms with E-state index in [9.17, 15) is 9.59 Å². The number of benzene rings is 3. The average molecular weight is 465 g/mol. The first-order valence-electron chi connectivity index (χ1n) is 11.1. The van der Waals surface area contributed by atoms with E-state index in [-0.39, 0.29) is 11.8 Å². The third kappa shape index (κ3) is 6.59. The summed E-state index contributed by atoms with van der Waals surface area (Å²) in [6.45, 7) is 6.18. The SMILES string of the molecule is CCC(Oc1ccccc1C(C)CC)C(=O)Nc1cccc(C(=O)Nc2cccc(Cl)c2)c1. The summed E-state index contributed by atoms with van der Waals surface area (Å²) in [6, 6.07) is 21.6. The van der Waals surface area contributed by atoms with E-state index < -0.39 is 6.10 Å². The number of ether oxygens (including phenoxy) is 1. The van der Waals surface area contributed by atoms with Gasteiger partial charge < -0.3 is 15.4 Å². The molecule has 0 saturated carbocycles. The van der Waals surface area contributed by atoms with Gasteiger partial charge in [-0.05, 0) is 66.8 Å². The zero-order chi connectivity index (χ0) is 23.8. The summed E-state index contributed by atoms with van der Waals surface area (Å²) in [5.41, 5.74) is 2.63. The molecule has 0 aliphatic carbocycles. The molecule has 0 bridgehead atoms. The zero-order valence-corrected chi connectivity index (χ0v) is 19.9. The van der Waals surface area contributed by atoms with Crippen LogP contribution in [0.15, 0.2) is 72.8 Å². The van der Waals surface area contributed by atoms with Gasteiger partial charge in [0.05, 0.1) is 0 Å². The van der Waals surface area contributed by atoms with Crippen LogP contribution in [0.4, 0.5) is 11.4 Å². The molecule has 2 N–H and O–H groups in total. The standard InChI is InChI=1S/C27H29ClN2O3/c1-4-18(3)23-14-6-7-15-25(23)33-24(5-2)27(32)30-21-12-8-10-19(16-21)26(31)29-22-13-9-11-20(28)17-22/h6-18,24H,4-5H2,1-3H3,(H,29,31)(H,30,32). The van der Waals surface area contributed by atoms with Crippen molar-refractivity contribution in [3.8, 4) is 5.75 Å². The normalized spacial score (nSPS) is 12.5. The number of rotatable bonds is 9. The molecule has 172 valence electrons. The lowest BCUT2D eigenvalue weighted by molar-refractivity contribution is -0.122. The van der Waals surface area contributed by atoms with E-state index in [1.807, 2.05) is 31.2 Å². The van der Waals surface area contributed by atoms with Crippen molar-refractivity contribution < 1.29 is 14.3 Å². The molecule has 3 aromatic rings. The van der Waals surface area contributed by atoms with E-state index in [1.54, 1.807) is 48.5 Å². The fourth-order valence-corrected chi connectivity index (χ4v) is 3.61. The fourth-order valence-electron chi connectivity index (χ4n) is 3.42. The molecule has 0 aliphatic heterocycles. The Balaban J connectivity index is 1.70. The van der Waals surface area contributed by atoms with E-state index in [0.717, 1.165) is 17.7 Å². The van der Waals surface area contributed by atoms with Crippen LogP contribution in [-0.2, 0) is 4.79 Å². The van der Waals surface area contributed by atoms with Crippen molar-refractivity contribution in [1.82, 2.24) is 0 Å². The number of carbonyl (C=O) groups excluding carboxylic acids is 2. The predicted molar refractivity (Wildman–Crippen MR) is 134 cm³/mol. The van der Waals surface area contributed by atoms with Crippen molar-refractivity contribution >= 4 is 34.8 Å². The maximum Gasteiger partial charge on any atom is 0.265 e. The Hall–Kier alpha value is -3.31. The number of nitrogens with one attached hydrogen (secondary N) is 2. The highest BCUT2D eigenvalue weighted by Crippen LogP contribution is 2.29. The molecule has 0 saturated heterocycles. The van der Waals surface area contributed by atoms with Gasteiger partial charge in [-0.2, -0.15) is 0 Å². The molecule has 0 heterocycles. The van der Waals surface area contributed by atoms with Crippen molar-refractivity contribution in [1.29, 1.82) is 0 Å².